The van der Waals surface area contributed by atoms with Crippen LogP contribution < -0.4 is 4.74 Å². The fraction of sp³-hybridized carbons (Fsp3) is 0.214. The molecule has 0 amide bonds. The van der Waals surface area contributed by atoms with Crippen molar-refractivity contribution in [3.8, 4) is 11.5 Å². The Morgan fingerprint density at radius 3 is 2.75 bits per heavy atom. The van der Waals surface area contributed by atoms with Crippen molar-refractivity contribution in [2.24, 2.45) is 0 Å². The van der Waals surface area contributed by atoms with Crippen LogP contribution in [0.5, 0.6) is 11.5 Å². The van der Waals surface area contributed by atoms with Gasteiger partial charge in [-0.2, -0.15) is 0 Å². The number of hydrogen-bond acceptors (Lipinski definition) is 2. The van der Waals surface area contributed by atoms with Gasteiger partial charge in [-0.15, -0.1) is 0 Å². The minimum Gasteiger partial charge on any atom is -0.456 e. The Morgan fingerprint density at radius 2 is 2.00 bits per heavy atom. The van der Waals surface area contributed by atoms with Crippen LogP contribution in [0.4, 0.5) is 0 Å². The molecule has 0 unspecified atom stereocenters. The zero-order chi connectivity index (χ0) is 11.2. The number of hydrogen-bond donors (Lipinski definition) is 0. The van der Waals surface area contributed by atoms with Crippen LogP contribution >= 0.6 is 0 Å². The number of aromatic nitrogens is 1. The van der Waals surface area contributed by atoms with E-state index in [1.54, 1.807) is 12.4 Å². The Morgan fingerprint density at radius 1 is 1.12 bits per heavy atom. The maximum Gasteiger partial charge on any atom is 0.145 e. The molecule has 0 radical (unpaired) electrons. The summed E-state index contributed by atoms with van der Waals surface area (Å²) in [5.41, 5.74) is 1.31. The summed E-state index contributed by atoms with van der Waals surface area (Å²) in [6, 6.07) is 12.0. The lowest BCUT2D eigenvalue weighted by atomic mass is 10.1. The first-order valence-corrected chi connectivity index (χ1v) is 5.55. The number of rotatable bonds is 4. The number of nitrogens with zero attached hydrogens (tertiary/aromatic N) is 1. The van der Waals surface area contributed by atoms with E-state index >= 15 is 0 Å². The molecular formula is C14H15NO. The Hall–Kier alpha value is -1.83. The largest absolute Gasteiger partial charge is 0.456 e. The van der Waals surface area contributed by atoms with Crippen LogP contribution in [0.3, 0.4) is 0 Å². The molecule has 2 nitrogen and oxygen atoms in total. The van der Waals surface area contributed by atoms with Crippen LogP contribution in [0.25, 0.3) is 0 Å². The fourth-order valence-corrected chi connectivity index (χ4v) is 1.60. The molecular weight excluding hydrogens is 198 g/mol. The number of ether oxygens (including phenoxy) is 1. The smallest absolute Gasteiger partial charge is 0.145 e. The molecule has 1 aromatic heterocycles. The van der Waals surface area contributed by atoms with E-state index in [1.807, 2.05) is 24.3 Å². The van der Waals surface area contributed by atoms with Crippen molar-refractivity contribution in [3.63, 3.8) is 0 Å². The summed E-state index contributed by atoms with van der Waals surface area (Å²) in [6.45, 7) is 2.18. The maximum absolute atomic E-state index is 5.70. The van der Waals surface area contributed by atoms with Crippen LogP contribution in [0.15, 0.2) is 48.8 Å². The molecule has 16 heavy (non-hydrogen) atoms. The van der Waals surface area contributed by atoms with Crippen LogP contribution in [-0.4, -0.2) is 4.98 Å². The lowest BCUT2D eigenvalue weighted by Gasteiger charge is -2.06. The molecule has 2 rings (SSSR count). The average Bonchev–Trinajstić information content (AvgIpc) is 2.31. The Kier molecular flexibility index (Phi) is 3.54. The minimum absolute atomic E-state index is 0.774. The van der Waals surface area contributed by atoms with E-state index in [4.69, 9.17) is 4.74 Å². The van der Waals surface area contributed by atoms with Gasteiger partial charge in [0.1, 0.15) is 11.5 Å². The van der Waals surface area contributed by atoms with Crippen molar-refractivity contribution in [2.45, 2.75) is 19.8 Å². The Balaban J connectivity index is 2.12. The highest BCUT2D eigenvalue weighted by molar-refractivity contribution is 5.32. The van der Waals surface area contributed by atoms with Crippen molar-refractivity contribution in [1.29, 1.82) is 0 Å². The molecule has 0 bridgehead atoms. The zero-order valence-electron chi connectivity index (χ0n) is 9.39. The highest BCUT2D eigenvalue weighted by atomic mass is 16.5. The first-order chi connectivity index (χ1) is 7.88. The van der Waals surface area contributed by atoms with Crippen LogP contribution in [0.1, 0.15) is 18.9 Å². The van der Waals surface area contributed by atoms with E-state index in [0.29, 0.717) is 0 Å². The second kappa shape index (κ2) is 5.31. The fourth-order valence-electron chi connectivity index (χ4n) is 1.60. The molecule has 0 saturated carbocycles. The molecule has 0 saturated heterocycles. The van der Waals surface area contributed by atoms with E-state index in [0.717, 1.165) is 24.3 Å². The third-order valence-corrected chi connectivity index (χ3v) is 2.31. The van der Waals surface area contributed by atoms with E-state index in [-0.39, 0.29) is 0 Å². The van der Waals surface area contributed by atoms with Crippen molar-refractivity contribution in [3.05, 3.63) is 54.4 Å². The van der Waals surface area contributed by atoms with Gasteiger partial charge in [-0.25, -0.2) is 0 Å². The van der Waals surface area contributed by atoms with E-state index < -0.39 is 0 Å². The molecule has 0 spiro atoms. The summed E-state index contributed by atoms with van der Waals surface area (Å²) in [4.78, 5) is 4.01. The topological polar surface area (TPSA) is 22.1 Å². The van der Waals surface area contributed by atoms with E-state index in [1.165, 1.54) is 5.56 Å². The van der Waals surface area contributed by atoms with Gasteiger partial charge in [0, 0.05) is 6.20 Å². The summed E-state index contributed by atoms with van der Waals surface area (Å²) in [5.74, 6) is 1.65. The predicted molar refractivity (Wildman–Crippen MR) is 64.7 cm³/mol. The molecule has 1 aromatic carbocycles. The van der Waals surface area contributed by atoms with Gasteiger partial charge in [-0.1, -0.05) is 25.5 Å². The highest BCUT2D eigenvalue weighted by Gasteiger charge is 1.98. The van der Waals surface area contributed by atoms with Gasteiger partial charge in [0.25, 0.3) is 0 Å². The number of pyridine rings is 1. The van der Waals surface area contributed by atoms with Crippen molar-refractivity contribution in [2.75, 3.05) is 0 Å². The SMILES string of the molecule is CCCc1cccc(Oc2cccnc2)c1. The average molecular weight is 213 g/mol. The second-order valence-electron chi connectivity index (χ2n) is 3.69. The van der Waals surface area contributed by atoms with Gasteiger partial charge in [0.15, 0.2) is 0 Å². The first kappa shape index (κ1) is 10.7. The van der Waals surface area contributed by atoms with Gasteiger partial charge in [0.05, 0.1) is 6.20 Å². The zero-order valence-corrected chi connectivity index (χ0v) is 9.39. The van der Waals surface area contributed by atoms with Gasteiger partial charge in [0.2, 0.25) is 0 Å². The Bertz CT molecular complexity index is 439. The number of aryl methyl sites for hydroxylation is 1. The van der Waals surface area contributed by atoms with E-state index in [9.17, 15) is 0 Å². The second-order valence-corrected chi connectivity index (χ2v) is 3.69. The maximum atomic E-state index is 5.70. The minimum atomic E-state index is 0.774. The summed E-state index contributed by atoms with van der Waals surface area (Å²) in [7, 11) is 0. The molecule has 82 valence electrons. The molecule has 2 aromatic rings. The van der Waals surface area contributed by atoms with Crippen molar-refractivity contribution < 1.29 is 4.74 Å². The van der Waals surface area contributed by atoms with Gasteiger partial charge in [-0.05, 0) is 36.2 Å². The van der Waals surface area contributed by atoms with E-state index in [2.05, 4.69) is 24.0 Å². The molecule has 0 fully saturated rings. The van der Waals surface area contributed by atoms with Gasteiger partial charge < -0.3 is 4.74 Å². The van der Waals surface area contributed by atoms with Crippen LogP contribution in [-0.2, 0) is 6.42 Å². The molecule has 0 aliphatic heterocycles. The van der Waals surface area contributed by atoms with Gasteiger partial charge >= 0.3 is 0 Å². The van der Waals surface area contributed by atoms with Crippen molar-refractivity contribution in [1.82, 2.24) is 4.98 Å². The standard InChI is InChI=1S/C14H15NO/c1-2-5-12-6-3-7-13(10-12)16-14-8-4-9-15-11-14/h3-4,6-11H,2,5H2,1H3. The quantitative estimate of drug-likeness (QED) is 0.770. The van der Waals surface area contributed by atoms with Crippen LogP contribution in [0.2, 0.25) is 0 Å². The van der Waals surface area contributed by atoms with Crippen LogP contribution in [0, 0.1) is 0 Å². The lowest BCUT2D eigenvalue weighted by molar-refractivity contribution is 0.479. The molecule has 0 aliphatic rings. The lowest BCUT2D eigenvalue weighted by Crippen LogP contribution is -1.87. The summed E-state index contributed by atoms with van der Waals surface area (Å²) >= 11 is 0. The predicted octanol–water partition coefficient (Wildman–Crippen LogP) is 3.83. The normalized spacial score (nSPS) is 10.1. The first-order valence-electron chi connectivity index (χ1n) is 5.55. The number of benzene rings is 1. The molecule has 0 aliphatic carbocycles. The third-order valence-electron chi connectivity index (χ3n) is 2.31. The highest BCUT2D eigenvalue weighted by Crippen LogP contribution is 2.21. The Labute approximate surface area is 95.9 Å². The third kappa shape index (κ3) is 2.83. The summed E-state index contributed by atoms with van der Waals surface area (Å²) in [5, 5.41) is 0. The monoisotopic (exact) mass is 213 g/mol. The van der Waals surface area contributed by atoms with Crippen molar-refractivity contribution >= 4 is 0 Å². The summed E-state index contributed by atoms with van der Waals surface area (Å²) < 4.78 is 5.70. The summed E-state index contributed by atoms with van der Waals surface area (Å²) in [6.07, 6.45) is 5.69. The molecule has 0 N–H and O–H groups in total. The molecule has 1 heterocycles. The molecule has 0 atom stereocenters. The van der Waals surface area contributed by atoms with Gasteiger partial charge in [-0.3, -0.25) is 4.98 Å². The molecule has 2 heteroatoms.